The molecule has 0 bridgehead atoms. The van der Waals surface area contributed by atoms with Crippen LogP contribution < -0.4 is 11.1 Å². The van der Waals surface area contributed by atoms with E-state index in [1.54, 1.807) is 13.0 Å². The number of aliphatic imine (C=N–C) groups is 1. The van der Waals surface area contributed by atoms with Crippen LogP contribution in [0.15, 0.2) is 15.5 Å². The predicted molar refractivity (Wildman–Crippen MR) is 84.7 cm³/mol. The molecule has 1 aliphatic carbocycles. The van der Waals surface area contributed by atoms with Crippen LogP contribution in [0, 0.1) is 6.92 Å². The minimum Gasteiger partial charge on any atom is -0.465 e. The second-order valence-electron chi connectivity index (χ2n) is 5.71. The summed E-state index contributed by atoms with van der Waals surface area (Å²) in [5.74, 6) is 1.16. The molecule has 0 radical (unpaired) electrons. The molecule has 0 atom stereocenters. The molecule has 0 saturated heterocycles. The first-order valence-corrected chi connectivity index (χ1v) is 7.84. The Morgan fingerprint density at radius 2 is 2.09 bits per heavy atom. The number of nitrogens with one attached hydrogen (secondary N) is 1. The van der Waals surface area contributed by atoms with Crippen LogP contribution in [-0.2, 0) is 11.3 Å². The van der Waals surface area contributed by atoms with E-state index in [0.717, 1.165) is 12.8 Å². The third-order valence-electron chi connectivity index (χ3n) is 3.99. The Kier molecular flexibility index (Phi) is 5.86. The van der Waals surface area contributed by atoms with Gasteiger partial charge >= 0.3 is 5.97 Å². The molecule has 1 heterocycles. The van der Waals surface area contributed by atoms with Crippen molar-refractivity contribution in [3.8, 4) is 0 Å². The number of nitrogens with zero attached hydrogens (tertiary/aromatic N) is 1. The molecule has 6 nitrogen and oxygen atoms in total. The van der Waals surface area contributed by atoms with Crippen molar-refractivity contribution in [1.29, 1.82) is 0 Å². The number of methoxy groups -OCH3 is 1. The van der Waals surface area contributed by atoms with Gasteiger partial charge in [0.15, 0.2) is 5.96 Å². The molecule has 1 saturated carbocycles. The van der Waals surface area contributed by atoms with Crippen molar-refractivity contribution in [2.24, 2.45) is 10.7 Å². The molecule has 1 aliphatic rings. The standard InChI is InChI=1S/C16H25N3O3/c1-11-14(15(20)21-2)9-13(22-11)10-18-16(17)19-12-7-5-3-4-6-8-12/h9,12H,3-8,10H2,1-2H3,(H3,17,18,19). The number of carbonyl (C=O) groups is 1. The third-order valence-corrected chi connectivity index (χ3v) is 3.99. The Hall–Kier alpha value is -1.98. The second-order valence-corrected chi connectivity index (χ2v) is 5.71. The number of aryl methyl sites for hydroxylation is 1. The van der Waals surface area contributed by atoms with Crippen LogP contribution >= 0.6 is 0 Å². The van der Waals surface area contributed by atoms with Crippen LogP contribution in [0.25, 0.3) is 0 Å². The van der Waals surface area contributed by atoms with E-state index in [2.05, 4.69) is 10.3 Å². The summed E-state index contributed by atoms with van der Waals surface area (Å²) in [7, 11) is 1.35. The molecule has 22 heavy (non-hydrogen) atoms. The lowest BCUT2D eigenvalue weighted by Crippen LogP contribution is -2.39. The highest BCUT2D eigenvalue weighted by Gasteiger charge is 2.15. The van der Waals surface area contributed by atoms with Crippen molar-refractivity contribution in [2.45, 2.75) is 58.0 Å². The van der Waals surface area contributed by atoms with Crippen molar-refractivity contribution in [3.05, 3.63) is 23.2 Å². The molecule has 2 rings (SSSR count). The minimum atomic E-state index is -0.402. The lowest BCUT2D eigenvalue weighted by Gasteiger charge is -2.16. The maximum atomic E-state index is 11.5. The number of furan rings is 1. The molecule has 0 amide bonds. The van der Waals surface area contributed by atoms with Crippen LogP contribution in [0.1, 0.15) is 60.4 Å². The largest absolute Gasteiger partial charge is 0.465 e. The lowest BCUT2D eigenvalue weighted by molar-refractivity contribution is 0.0599. The molecule has 1 fully saturated rings. The van der Waals surface area contributed by atoms with Crippen molar-refractivity contribution in [1.82, 2.24) is 5.32 Å². The zero-order valence-corrected chi connectivity index (χ0v) is 13.4. The molecule has 0 spiro atoms. The number of esters is 1. The van der Waals surface area contributed by atoms with Gasteiger partial charge in [-0.25, -0.2) is 9.79 Å². The maximum Gasteiger partial charge on any atom is 0.341 e. The summed E-state index contributed by atoms with van der Waals surface area (Å²) >= 11 is 0. The number of nitrogens with two attached hydrogens (primary N) is 1. The number of rotatable bonds is 4. The first kappa shape index (κ1) is 16.4. The van der Waals surface area contributed by atoms with E-state index in [-0.39, 0.29) is 0 Å². The number of hydrogen-bond acceptors (Lipinski definition) is 4. The van der Waals surface area contributed by atoms with Gasteiger partial charge in [0.1, 0.15) is 23.6 Å². The van der Waals surface area contributed by atoms with Crippen molar-refractivity contribution in [2.75, 3.05) is 7.11 Å². The molecule has 1 aromatic rings. The van der Waals surface area contributed by atoms with Gasteiger partial charge < -0.3 is 20.2 Å². The maximum absolute atomic E-state index is 11.5. The van der Waals surface area contributed by atoms with Gasteiger partial charge in [0.25, 0.3) is 0 Å². The van der Waals surface area contributed by atoms with Gasteiger partial charge in [-0.2, -0.15) is 0 Å². The summed E-state index contributed by atoms with van der Waals surface area (Å²) in [6.07, 6.45) is 7.37. The number of hydrogen-bond donors (Lipinski definition) is 2. The van der Waals surface area contributed by atoms with Gasteiger partial charge in [0.05, 0.1) is 7.11 Å². The first-order chi connectivity index (χ1) is 10.6. The van der Waals surface area contributed by atoms with E-state index in [4.69, 9.17) is 14.9 Å². The fourth-order valence-electron chi connectivity index (χ4n) is 2.78. The highest BCUT2D eigenvalue weighted by atomic mass is 16.5. The SMILES string of the molecule is COC(=O)c1cc(CN=C(N)NC2CCCCCC2)oc1C. The van der Waals surface area contributed by atoms with Crippen molar-refractivity contribution < 1.29 is 13.9 Å². The zero-order valence-electron chi connectivity index (χ0n) is 13.4. The molecule has 0 aliphatic heterocycles. The molecule has 0 aromatic carbocycles. The number of guanidine groups is 1. The lowest BCUT2D eigenvalue weighted by atomic mass is 10.1. The van der Waals surface area contributed by atoms with E-state index in [1.807, 2.05) is 0 Å². The smallest absolute Gasteiger partial charge is 0.341 e. The Morgan fingerprint density at radius 3 is 2.73 bits per heavy atom. The van der Waals surface area contributed by atoms with E-state index in [9.17, 15) is 4.79 Å². The van der Waals surface area contributed by atoms with Gasteiger partial charge in [-0.3, -0.25) is 0 Å². The molecular formula is C16H25N3O3. The monoisotopic (exact) mass is 307 g/mol. The second kappa shape index (κ2) is 7.87. The normalized spacial score (nSPS) is 17.1. The summed E-state index contributed by atoms with van der Waals surface area (Å²) in [5, 5.41) is 3.28. The molecule has 0 unspecified atom stereocenters. The van der Waals surface area contributed by atoms with Crippen molar-refractivity contribution >= 4 is 11.9 Å². The fourth-order valence-corrected chi connectivity index (χ4v) is 2.78. The summed E-state index contributed by atoms with van der Waals surface area (Å²) in [4.78, 5) is 15.8. The van der Waals surface area contributed by atoms with E-state index in [0.29, 0.717) is 35.6 Å². The van der Waals surface area contributed by atoms with Gasteiger partial charge in [-0.1, -0.05) is 25.7 Å². The number of carbonyl (C=O) groups excluding carboxylic acids is 1. The average Bonchev–Trinajstić information content (AvgIpc) is 2.71. The molecule has 1 aromatic heterocycles. The highest BCUT2D eigenvalue weighted by Crippen LogP contribution is 2.18. The molecule has 122 valence electrons. The van der Waals surface area contributed by atoms with Gasteiger partial charge in [0, 0.05) is 6.04 Å². The zero-order chi connectivity index (χ0) is 15.9. The highest BCUT2D eigenvalue weighted by molar-refractivity contribution is 5.90. The Balaban J connectivity index is 1.91. The quantitative estimate of drug-likeness (QED) is 0.386. The van der Waals surface area contributed by atoms with Crippen LogP contribution in [0.4, 0.5) is 0 Å². The van der Waals surface area contributed by atoms with E-state index in [1.165, 1.54) is 32.8 Å². The van der Waals surface area contributed by atoms with E-state index >= 15 is 0 Å². The minimum absolute atomic E-state index is 0.309. The van der Waals surface area contributed by atoms with Gasteiger partial charge in [-0.05, 0) is 25.8 Å². The van der Waals surface area contributed by atoms with E-state index < -0.39 is 5.97 Å². The number of ether oxygens (including phenoxy) is 1. The predicted octanol–water partition coefficient (Wildman–Crippen LogP) is 2.50. The Labute approximate surface area is 131 Å². The van der Waals surface area contributed by atoms with Crippen LogP contribution in [0.5, 0.6) is 0 Å². The van der Waals surface area contributed by atoms with Crippen LogP contribution in [-0.4, -0.2) is 25.1 Å². The first-order valence-electron chi connectivity index (χ1n) is 7.84. The molecule has 6 heteroatoms. The van der Waals surface area contributed by atoms with Crippen LogP contribution in [0.2, 0.25) is 0 Å². The van der Waals surface area contributed by atoms with Crippen LogP contribution in [0.3, 0.4) is 0 Å². The topological polar surface area (TPSA) is 89.8 Å². The summed E-state index contributed by atoms with van der Waals surface area (Å²) < 4.78 is 10.2. The summed E-state index contributed by atoms with van der Waals surface area (Å²) in [6.45, 7) is 2.04. The van der Waals surface area contributed by atoms with Gasteiger partial charge in [-0.15, -0.1) is 0 Å². The average molecular weight is 307 g/mol. The molecular weight excluding hydrogens is 282 g/mol. The Bertz CT molecular complexity index is 529. The summed E-state index contributed by atoms with van der Waals surface area (Å²) in [6, 6.07) is 2.07. The third kappa shape index (κ3) is 4.51. The molecule has 3 N–H and O–H groups in total. The fraction of sp³-hybridized carbons (Fsp3) is 0.625. The van der Waals surface area contributed by atoms with Crippen molar-refractivity contribution in [3.63, 3.8) is 0 Å². The van der Waals surface area contributed by atoms with Gasteiger partial charge in [0.2, 0.25) is 0 Å². The Morgan fingerprint density at radius 1 is 1.41 bits per heavy atom. The summed E-state index contributed by atoms with van der Waals surface area (Å²) in [5.41, 5.74) is 6.37.